The van der Waals surface area contributed by atoms with Crippen LogP contribution in [0.3, 0.4) is 0 Å². The predicted molar refractivity (Wildman–Crippen MR) is 45.2 cm³/mol. The molecule has 2 atom stereocenters. The molecule has 0 saturated heterocycles. The maximum absolute atomic E-state index is 10.9. The Balaban J connectivity index is 3.21. The van der Waals surface area contributed by atoms with Crippen LogP contribution in [-0.4, -0.2) is 22.2 Å². The molecule has 0 aromatic rings. The van der Waals surface area contributed by atoms with Crippen molar-refractivity contribution >= 4 is 11.9 Å². The fourth-order valence-corrected chi connectivity index (χ4v) is 2.13. The number of allylic oxidation sites excluding steroid dienone is 1. The second-order valence-electron chi connectivity index (χ2n) is 3.63. The summed E-state index contributed by atoms with van der Waals surface area (Å²) >= 11 is 0. The van der Waals surface area contributed by atoms with Crippen molar-refractivity contribution in [3.05, 3.63) is 12.7 Å². The molecule has 0 bridgehead atoms. The van der Waals surface area contributed by atoms with Gasteiger partial charge in [-0.1, -0.05) is 19.9 Å². The molecule has 72 valence electrons. The minimum Gasteiger partial charge on any atom is -0.480 e. The van der Waals surface area contributed by atoms with Crippen molar-refractivity contribution in [3.63, 3.8) is 0 Å². The van der Waals surface area contributed by atoms with Gasteiger partial charge in [-0.25, -0.2) is 0 Å². The zero-order valence-electron chi connectivity index (χ0n) is 7.57. The number of carbonyl (C=O) groups is 2. The average Bonchev–Trinajstić information content (AvgIpc) is 2.52. The Bertz CT molecular complexity index is 280. The van der Waals surface area contributed by atoms with Crippen molar-refractivity contribution in [3.8, 4) is 0 Å². The molecule has 0 aromatic heterocycles. The molecule has 0 spiro atoms. The molecular weight excluding hydrogens is 172 g/mol. The zero-order valence-corrected chi connectivity index (χ0v) is 7.57. The van der Waals surface area contributed by atoms with Crippen molar-refractivity contribution in [2.75, 3.05) is 0 Å². The van der Waals surface area contributed by atoms with Crippen LogP contribution < -0.4 is 0 Å². The van der Waals surface area contributed by atoms with E-state index in [1.165, 1.54) is 6.08 Å². The zero-order chi connectivity index (χ0) is 10.4. The van der Waals surface area contributed by atoms with Crippen molar-refractivity contribution in [1.82, 2.24) is 0 Å². The van der Waals surface area contributed by atoms with Crippen LogP contribution in [0.25, 0.3) is 0 Å². The van der Waals surface area contributed by atoms with E-state index >= 15 is 0 Å². The molecule has 0 aliphatic heterocycles. The van der Waals surface area contributed by atoms with Gasteiger partial charge in [-0.3, -0.25) is 9.59 Å². The Labute approximate surface area is 75.9 Å². The van der Waals surface area contributed by atoms with Gasteiger partial charge in [0.2, 0.25) is 0 Å². The van der Waals surface area contributed by atoms with Crippen LogP contribution >= 0.6 is 0 Å². The number of carboxylic acid groups (broad SMARTS) is 2. The molecule has 0 radical (unpaired) electrons. The number of hydrogen-bond acceptors (Lipinski definition) is 2. The second kappa shape index (κ2) is 2.34. The molecule has 13 heavy (non-hydrogen) atoms. The van der Waals surface area contributed by atoms with Crippen LogP contribution in [0.2, 0.25) is 0 Å². The minimum absolute atomic E-state index is 0.410. The molecule has 4 nitrogen and oxygen atoms in total. The SMILES string of the molecule is C=CC1(C)C(C)C1(C(=O)O)C(=O)O. The quantitative estimate of drug-likeness (QED) is 0.506. The van der Waals surface area contributed by atoms with E-state index in [1.54, 1.807) is 13.8 Å². The van der Waals surface area contributed by atoms with E-state index in [9.17, 15) is 9.59 Å². The summed E-state index contributed by atoms with van der Waals surface area (Å²) < 4.78 is 0. The van der Waals surface area contributed by atoms with Crippen LogP contribution in [0.15, 0.2) is 12.7 Å². The average molecular weight is 184 g/mol. The minimum atomic E-state index is -1.67. The van der Waals surface area contributed by atoms with Crippen molar-refractivity contribution in [2.45, 2.75) is 13.8 Å². The van der Waals surface area contributed by atoms with Crippen LogP contribution in [0.4, 0.5) is 0 Å². The fraction of sp³-hybridized carbons (Fsp3) is 0.556. The first-order valence-corrected chi connectivity index (χ1v) is 3.96. The largest absolute Gasteiger partial charge is 0.480 e. The van der Waals surface area contributed by atoms with Crippen LogP contribution in [0.1, 0.15) is 13.8 Å². The Kier molecular flexibility index (Phi) is 1.76. The van der Waals surface area contributed by atoms with E-state index in [-0.39, 0.29) is 0 Å². The normalized spacial score (nSPS) is 35.1. The van der Waals surface area contributed by atoms with Gasteiger partial charge in [-0.05, 0) is 5.92 Å². The van der Waals surface area contributed by atoms with Gasteiger partial charge in [0, 0.05) is 5.41 Å². The fourth-order valence-electron chi connectivity index (χ4n) is 2.13. The van der Waals surface area contributed by atoms with Crippen LogP contribution in [-0.2, 0) is 9.59 Å². The molecule has 1 aliphatic rings. The van der Waals surface area contributed by atoms with E-state index in [2.05, 4.69) is 6.58 Å². The Hall–Kier alpha value is -1.32. The molecule has 2 unspecified atom stereocenters. The lowest BCUT2D eigenvalue weighted by molar-refractivity contribution is -0.159. The lowest BCUT2D eigenvalue weighted by Gasteiger charge is -2.09. The highest BCUT2D eigenvalue weighted by molar-refractivity contribution is 6.04. The molecule has 2 N–H and O–H groups in total. The first-order valence-electron chi connectivity index (χ1n) is 3.96. The Morgan fingerprint density at radius 2 is 1.77 bits per heavy atom. The standard InChI is InChI=1S/C9H12O4/c1-4-8(3)5(2)9(8,6(10)11)7(12)13/h4-5H,1H2,2-3H3,(H,10,11)(H,12,13). The van der Waals surface area contributed by atoms with Gasteiger partial charge in [0.25, 0.3) is 0 Å². The first kappa shape index (κ1) is 9.77. The molecule has 0 amide bonds. The van der Waals surface area contributed by atoms with Crippen molar-refractivity contribution < 1.29 is 19.8 Å². The third-order valence-corrected chi connectivity index (χ3v) is 3.41. The van der Waals surface area contributed by atoms with Crippen molar-refractivity contribution in [1.29, 1.82) is 0 Å². The van der Waals surface area contributed by atoms with Gasteiger partial charge in [-0.15, -0.1) is 6.58 Å². The lowest BCUT2D eigenvalue weighted by atomic mass is 9.95. The summed E-state index contributed by atoms with van der Waals surface area (Å²) in [6.45, 7) is 6.70. The summed E-state index contributed by atoms with van der Waals surface area (Å²) in [4.78, 5) is 21.8. The summed E-state index contributed by atoms with van der Waals surface area (Å²) in [6.07, 6.45) is 1.42. The smallest absolute Gasteiger partial charge is 0.322 e. The number of carboxylic acids is 2. The highest BCUT2D eigenvalue weighted by Crippen LogP contribution is 2.69. The van der Waals surface area contributed by atoms with Gasteiger partial charge >= 0.3 is 11.9 Å². The first-order chi connectivity index (χ1) is 5.85. The highest BCUT2D eigenvalue weighted by atomic mass is 16.4. The van der Waals surface area contributed by atoms with Crippen molar-refractivity contribution in [2.24, 2.45) is 16.7 Å². The second-order valence-corrected chi connectivity index (χ2v) is 3.63. The van der Waals surface area contributed by atoms with Gasteiger partial charge < -0.3 is 10.2 Å². The summed E-state index contributed by atoms with van der Waals surface area (Å²) in [7, 11) is 0. The van der Waals surface area contributed by atoms with Gasteiger partial charge in [0.15, 0.2) is 5.41 Å². The summed E-state index contributed by atoms with van der Waals surface area (Å²) in [6, 6.07) is 0. The predicted octanol–water partition coefficient (Wildman–Crippen LogP) is 0.984. The number of aliphatic carboxylic acids is 2. The number of rotatable bonds is 3. The lowest BCUT2D eigenvalue weighted by Crippen LogP contribution is -2.31. The molecule has 0 aromatic carbocycles. The molecular formula is C9H12O4. The van der Waals surface area contributed by atoms with E-state index in [0.29, 0.717) is 0 Å². The van der Waals surface area contributed by atoms with E-state index in [4.69, 9.17) is 10.2 Å². The third-order valence-electron chi connectivity index (χ3n) is 3.41. The van der Waals surface area contributed by atoms with E-state index in [0.717, 1.165) is 0 Å². The Morgan fingerprint density at radius 1 is 1.38 bits per heavy atom. The van der Waals surface area contributed by atoms with E-state index < -0.39 is 28.7 Å². The van der Waals surface area contributed by atoms with E-state index in [1.807, 2.05) is 0 Å². The summed E-state index contributed by atoms with van der Waals surface area (Å²) in [5.74, 6) is -2.97. The maximum atomic E-state index is 10.9. The molecule has 1 aliphatic carbocycles. The molecule has 0 heterocycles. The van der Waals surface area contributed by atoms with Crippen LogP contribution in [0, 0.1) is 16.7 Å². The summed E-state index contributed by atoms with van der Waals surface area (Å²) in [5, 5.41) is 17.8. The van der Waals surface area contributed by atoms with Crippen LogP contribution in [0.5, 0.6) is 0 Å². The molecule has 1 rings (SSSR count). The summed E-state index contributed by atoms with van der Waals surface area (Å²) in [5.41, 5.74) is -2.50. The molecule has 1 saturated carbocycles. The van der Waals surface area contributed by atoms with Gasteiger partial charge in [-0.2, -0.15) is 0 Å². The number of hydrogen-bond donors (Lipinski definition) is 2. The third kappa shape index (κ3) is 0.753. The van der Waals surface area contributed by atoms with Gasteiger partial charge in [0.05, 0.1) is 0 Å². The monoisotopic (exact) mass is 184 g/mol. The maximum Gasteiger partial charge on any atom is 0.322 e. The molecule has 4 heteroatoms. The highest BCUT2D eigenvalue weighted by Gasteiger charge is 2.80. The Morgan fingerprint density at radius 3 is 1.85 bits per heavy atom. The topological polar surface area (TPSA) is 74.6 Å². The molecule has 1 fully saturated rings. The van der Waals surface area contributed by atoms with Gasteiger partial charge in [0.1, 0.15) is 0 Å².